The molecule has 3 heterocycles. The van der Waals surface area contributed by atoms with Gasteiger partial charge in [-0.2, -0.15) is 0 Å². The number of fused-ring (bicyclic) bond motifs is 1. The fourth-order valence-corrected chi connectivity index (χ4v) is 3.61. The van der Waals surface area contributed by atoms with Crippen LogP contribution in [-0.2, 0) is 4.79 Å². The maximum Gasteiger partial charge on any atom is 0.257 e. The summed E-state index contributed by atoms with van der Waals surface area (Å²) in [5.41, 5.74) is 1.55. The maximum absolute atomic E-state index is 12.4. The Morgan fingerprint density at radius 2 is 2.12 bits per heavy atom. The van der Waals surface area contributed by atoms with E-state index in [0.29, 0.717) is 29.9 Å². The molecular weight excluding hydrogens is 352 g/mol. The summed E-state index contributed by atoms with van der Waals surface area (Å²) >= 11 is 1.33. The number of nitrogens with zero attached hydrogens (tertiary/aromatic N) is 4. The number of oxazole rings is 1. The number of benzene rings is 1. The number of rotatable bonds is 5. The third-order valence-corrected chi connectivity index (χ3v) is 5.03. The molecular formula is C18H18N4O3S. The van der Waals surface area contributed by atoms with Crippen LogP contribution in [0.2, 0.25) is 0 Å². The van der Waals surface area contributed by atoms with Gasteiger partial charge in [0.2, 0.25) is 11.8 Å². The van der Waals surface area contributed by atoms with Crippen molar-refractivity contribution >= 4 is 28.8 Å². The molecule has 3 aromatic rings. The Kier molecular flexibility index (Phi) is 5.01. The lowest BCUT2D eigenvalue weighted by molar-refractivity contribution is -0.130. The van der Waals surface area contributed by atoms with Crippen LogP contribution >= 0.6 is 11.8 Å². The Balaban J connectivity index is 1.25. The van der Waals surface area contributed by atoms with Crippen molar-refractivity contribution in [3.63, 3.8) is 0 Å². The molecule has 4 rings (SSSR count). The first-order chi connectivity index (χ1) is 12.8. The monoisotopic (exact) mass is 370 g/mol. The van der Waals surface area contributed by atoms with Gasteiger partial charge in [0.05, 0.1) is 11.9 Å². The van der Waals surface area contributed by atoms with E-state index in [-0.39, 0.29) is 12.0 Å². The summed E-state index contributed by atoms with van der Waals surface area (Å²) in [7, 11) is 0. The topological polar surface area (TPSA) is 81.4 Å². The molecule has 0 N–H and O–H groups in total. The molecule has 1 aliphatic heterocycles. The SMILES string of the molecule is O=C(CSc1nc2ccccc2o1)N1CCC(Oc2cnccn2)CC1. The molecule has 1 aliphatic rings. The Morgan fingerprint density at radius 3 is 2.88 bits per heavy atom. The van der Waals surface area contributed by atoms with Gasteiger partial charge in [0.15, 0.2) is 5.58 Å². The van der Waals surface area contributed by atoms with Crippen molar-refractivity contribution in [2.75, 3.05) is 18.8 Å². The quantitative estimate of drug-likeness (QED) is 0.639. The molecule has 0 unspecified atom stereocenters. The van der Waals surface area contributed by atoms with Crippen LogP contribution in [0.5, 0.6) is 5.88 Å². The second kappa shape index (κ2) is 7.74. The first-order valence-corrected chi connectivity index (χ1v) is 9.45. The molecule has 134 valence electrons. The smallest absolute Gasteiger partial charge is 0.257 e. The Labute approximate surface area is 154 Å². The van der Waals surface area contributed by atoms with Gasteiger partial charge in [0, 0.05) is 38.3 Å². The average Bonchev–Trinajstić information content (AvgIpc) is 3.10. The molecule has 0 aliphatic carbocycles. The van der Waals surface area contributed by atoms with Gasteiger partial charge >= 0.3 is 0 Å². The van der Waals surface area contributed by atoms with Crippen molar-refractivity contribution in [2.24, 2.45) is 0 Å². The van der Waals surface area contributed by atoms with E-state index in [9.17, 15) is 4.79 Å². The van der Waals surface area contributed by atoms with E-state index >= 15 is 0 Å². The van der Waals surface area contributed by atoms with Crippen molar-refractivity contribution in [3.05, 3.63) is 42.9 Å². The van der Waals surface area contributed by atoms with Crippen LogP contribution in [-0.4, -0.2) is 50.7 Å². The minimum Gasteiger partial charge on any atom is -0.473 e. The number of likely N-dealkylation sites (tertiary alicyclic amines) is 1. The number of hydrogen-bond acceptors (Lipinski definition) is 7. The summed E-state index contributed by atoms with van der Waals surface area (Å²) in [4.78, 5) is 26.8. The van der Waals surface area contributed by atoms with E-state index in [2.05, 4.69) is 15.0 Å². The van der Waals surface area contributed by atoms with Crippen molar-refractivity contribution < 1.29 is 13.9 Å². The third-order valence-electron chi connectivity index (χ3n) is 4.21. The second-order valence-corrected chi connectivity index (χ2v) is 6.90. The fourth-order valence-electron chi connectivity index (χ4n) is 2.87. The Morgan fingerprint density at radius 1 is 1.27 bits per heavy atom. The highest BCUT2D eigenvalue weighted by Crippen LogP contribution is 2.24. The lowest BCUT2D eigenvalue weighted by Crippen LogP contribution is -2.42. The highest BCUT2D eigenvalue weighted by atomic mass is 32.2. The summed E-state index contributed by atoms with van der Waals surface area (Å²) in [5.74, 6) is 0.946. The van der Waals surface area contributed by atoms with E-state index in [1.165, 1.54) is 11.8 Å². The number of thioether (sulfide) groups is 1. The highest BCUT2D eigenvalue weighted by molar-refractivity contribution is 7.99. The minimum absolute atomic E-state index is 0.0699. The number of carbonyl (C=O) groups excluding carboxylic acids is 1. The number of para-hydroxylation sites is 2. The number of aromatic nitrogens is 3. The molecule has 0 spiro atoms. The summed E-state index contributed by atoms with van der Waals surface area (Å²) in [6, 6.07) is 7.58. The molecule has 7 nitrogen and oxygen atoms in total. The van der Waals surface area contributed by atoms with E-state index in [1.54, 1.807) is 18.6 Å². The predicted molar refractivity (Wildman–Crippen MR) is 97.0 cm³/mol. The lowest BCUT2D eigenvalue weighted by atomic mass is 10.1. The van der Waals surface area contributed by atoms with Gasteiger partial charge in [-0.05, 0) is 12.1 Å². The van der Waals surface area contributed by atoms with E-state index in [4.69, 9.17) is 9.15 Å². The van der Waals surface area contributed by atoms with Crippen LogP contribution in [0, 0.1) is 0 Å². The first-order valence-electron chi connectivity index (χ1n) is 8.47. The van der Waals surface area contributed by atoms with Gasteiger partial charge in [-0.25, -0.2) is 9.97 Å². The van der Waals surface area contributed by atoms with Gasteiger partial charge in [0.25, 0.3) is 5.22 Å². The van der Waals surface area contributed by atoms with Crippen LogP contribution in [0.4, 0.5) is 0 Å². The molecule has 0 radical (unpaired) electrons. The van der Waals surface area contributed by atoms with Crippen LogP contribution in [0.25, 0.3) is 11.1 Å². The minimum atomic E-state index is 0.0699. The van der Waals surface area contributed by atoms with E-state index in [0.717, 1.165) is 23.9 Å². The number of amides is 1. The normalized spacial score (nSPS) is 15.3. The van der Waals surface area contributed by atoms with Gasteiger partial charge in [-0.15, -0.1) is 0 Å². The predicted octanol–water partition coefficient (Wildman–Crippen LogP) is 2.78. The fraction of sp³-hybridized carbons (Fsp3) is 0.333. The Hall–Kier alpha value is -2.61. The van der Waals surface area contributed by atoms with Crippen LogP contribution < -0.4 is 4.74 Å². The maximum atomic E-state index is 12.4. The van der Waals surface area contributed by atoms with Crippen LogP contribution in [0.1, 0.15) is 12.8 Å². The van der Waals surface area contributed by atoms with E-state index in [1.807, 2.05) is 29.2 Å². The molecule has 26 heavy (non-hydrogen) atoms. The molecule has 1 amide bonds. The van der Waals surface area contributed by atoms with Crippen molar-refractivity contribution in [1.82, 2.24) is 19.9 Å². The van der Waals surface area contributed by atoms with Crippen molar-refractivity contribution in [2.45, 2.75) is 24.2 Å². The first kappa shape index (κ1) is 16.8. The van der Waals surface area contributed by atoms with Crippen molar-refractivity contribution in [3.8, 4) is 5.88 Å². The molecule has 8 heteroatoms. The van der Waals surface area contributed by atoms with Crippen LogP contribution in [0.3, 0.4) is 0 Å². The average molecular weight is 370 g/mol. The molecule has 1 fully saturated rings. The van der Waals surface area contributed by atoms with Gasteiger partial charge in [-0.1, -0.05) is 23.9 Å². The van der Waals surface area contributed by atoms with Gasteiger partial charge in [0.1, 0.15) is 11.6 Å². The molecule has 0 saturated carbocycles. The third kappa shape index (κ3) is 3.96. The Bertz CT molecular complexity index is 845. The van der Waals surface area contributed by atoms with E-state index < -0.39 is 0 Å². The summed E-state index contributed by atoms with van der Waals surface area (Å²) in [6.07, 6.45) is 6.47. The zero-order valence-corrected chi connectivity index (χ0v) is 14.9. The number of piperidine rings is 1. The largest absolute Gasteiger partial charge is 0.473 e. The van der Waals surface area contributed by atoms with Gasteiger partial charge in [-0.3, -0.25) is 9.78 Å². The molecule has 1 aromatic carbocycles. The summed E-state index contributed by atoms with van der Waals surface area (Å²) in [5, 5.41) is 0.528. The zero-order chi connectivity index (χ0) is 17.8. The highest BCUT2D eigenvalue weighted by Gasteiger charge is 2.24. The number of hydrogen-bond donors (Lipinski definition) is 0. The summed E-state index contributed by atoms with van der Waals surface area (Å²) < 4.78 is 11.4. The van der Waals surface area contributed by atoms with Crippen LogP contribution in [0.15, 0.2) is 52.5 Å². The van der Waals surface area contributed by atoms with Gasteiger partial charge < -0.3 is 14.1 Å². The standard InChI is InChI=1S/C18H18N4O3S/c23-17(12-26-18-21-14-3-1-2-4-15(14)25-18)22-9-5-13(6-10-22)24-16-11-19-7-8-20-16/h1-4,7-8,11,13H,5-6,9-10,12H2. The second-order valence-electron chi connectivity index (χ2n) is 5.98. The summed E-state index contributed by atoms with van der Waals surface area (Å²) in [6.45, 7) is 1.36. The van der Waals surface area contributed by atoms with Crippen molar-refractivity contribution in [1.29, 1.82) is 0 Å². The lowest BCUT2D eigenvalue weighted by Gasteiger charge is -2.31. The molecule has 1 saturated heterocycles. The molecule has 0 atom stereocenters. The number of ether oxygens (including phenoxy) is 1. The molecule has 2 aromatic heterocycles. The number of carbonyl (C=O) groups is 1. The molecule has 0 bridgehead atoms. The zero-order valence-electron chi connectivity index (χ0n) is 14.1.